The first-order valence-corrected chi connectivity index (χ1v) is 6.06. The zero-order chi connectivity index (χ0) is 11.5. The van der Waals surface area contributed by atoms with E-state index in [2.05, 4.69) is 22.6 Å². The van der Waals surface area contributed by atoms with Crippen LogP contribution in [-0.2, 0) is 11.3 Å². The highest BCUT2D eigenvalue weighted by molar-refractivity contribution is 4.63. The van der Waals surface area contributed by atoms with Crippen LogP contribution < -0.4 is 5.32 Å². The zero-order valence-electron chi connectivity index (χ0n) is 10.1. The lowest BCUT2D eigenvalue weighted by molar-refractivity contribution is 0.133. The molecule has 5 heteroatoms. The Labute approximate surface area is 97.2 Å². The van der Waals surface area contributed by atoms with Gasteiger partial charge in [-0.15, -0.1) is 5.10 Å². The first-order chi connectivity index (χ1) is 7.93. The summed E-state index contributed by atoms with van der Waals surface area (Å²) >= 11 is 0. The fourth-order valence-electron chi connectivity index (χ4n) is 1.34. The van der Waals surface area contributed by atoms with E-state index in [1.54, 1.807) is 6.20 Å². The maximum Gasteiger partial charge on any atom is 0.0692 e. The second-order valence-electron chi connectivity index (χ2n) is 3.74. The molecule has 0 unspecified atom stereocenters. The van der Waals surface area contributed by atoms with E-state index < -0.39 is 0 Å². The monoisotopic (exact) mass is 226 g/mol. The molecule has 1 aromatic heterocycles. The number of hydrogen-bond donors (Lipinski definition) is 1. The first kappa shape index (κ1) is 13.1. The van der Waals surface area contributed by atoms with Crippen molar-refractivity contribution in [2.75, 3.05) is 26.3 Å². The SMILES string of the molecule is CCCCOCCNCCCn1ccnn1. The van der Waals surface area contributed by atoms with Gasteiger partial charge in [0, 0.05) is 25.9 Å². The average molecular weight is 226 g/mol. The lowest BCUT2D eigenvalue weighted by atomic mass is 10.4. The molecule has 0 fully saturated rings. The standard InChI is InChI=1S/C11H22N4O/c1-2-3-10-16-11-7-12-5-4-8-15-9-6-13-14-15/h6,9,12H,2-5,7-8,10-11H2,1H3. The molecule has 1 heterocycles. The summed E-state index contributed by atoms with van der Waals surface area (Å²) in [6, 6.07) is 0. The second-order valence-corrected chi connectivity index (χ2v) is 3.74. The van der Waals surface area contributed by atoms with E-state index in [0.29, 0.717) is 0 Å². The second kappa shape index (κ2) is 9.30. The van der Waals surface area contributed by atoms with Gasteiger partial charge in [0.05, 0.1) is 12.8 Å². The molecular formula is C11H22N4O. The van der Waals surface area contributed by atoms with Crippen LogP contribution in [0.3, 0.4) is 0 Å². The lowest BCUT2D eigenvalue weighted by Crippen LogP contribution is -2.22. The molecule has 92 valence electrons. The van der Waals surface area contributed by atoms with Crippen molar-refractivity contribution in [3.63, 3.8) is 0 Å². The smallest absolute Gasteiger partial charge is 0.0692 e. The van der Waals surface area contributed by atoms with Crippen LogP contribution in [0, 0.1) is 0 Å². The molecule has 1 rings (SSSR count). The van der Waals surface area contributed by atoms with E-state index >= 15 is 0 Å². The molecule has 16 heavy (non-hydrogen) atoms. The molecule has 0 bridgehead atoms. The van der Waals surface area contributed by atoms with Crippen LogP contribution in [0.2, 0.25) is 0 Å². The van der Waals surface area contributed by atoms with E-state index in [0.717, 1.165) is 45.7 Å². The van der Waals surface area contributed by atoms with Crippen molar-refractivity contribution in [2.24, 2.45) is 0 Å². The van der Waals surface area contributed by atoms with Crippen molar-refractivity contribution >= 4 is 0 Å². The summed E-state index contributed by atoms with van der Waals surface area (Å²) in [5, 5.41) is 11.0. The fraction of sp³-hybridized carbons (Fsp3) is 0.818. The molecular weight excluding hydrogens is 204 g/mol. The highest BCUT2D eigenvalue weighted by Gasteiger charge is 1.92. The Bertz CT molecular complexity index is 238. The number of unbranched alkanes of at least 4 members (excludes halogenated alkanes) is 1. The molecule has 0 amide bonds. The topological polar surface area (TPSA) is 52.0 Å². The molecule has 1 N–H and O–H groups in total. The molecule has 0 saturated heterocycles. The summed E-state index contributed by atoms with van der Waals surface area (Å²) in [7, 11) is 0. The van der Waals surface area contributed by atoms with E-state index in [1.165, 1.54) is 6.42 Å². The van der Waals surface area contributed by atoms with Crippen LogP contribution in [0.25, 0.3) is 0 Å². The van der Waals surface area contributed by atoms with Crippen LogP contribution in [-0.4, -0.2) is 41.3 Å². The van der Waals surface area contributed by atoms with Crippen molar-refractivity contribution in [1.82, 2.24) is 20.3 Å². The summed E-state index contributed by atoms with van der Waals surface area (Å²) in [6.07, 6.45) is 7.01. The summed E-state index contributed by atoms with van der Waals surface area (Å²) in [4.78, 5) is 0. The van der Waals surface area contributed by atoms with Gasteiger partial charge in [0.2, 0.25) is 0 Å². The highest BCUT2D eigenvalue weighted by Crippen LogP contribution is 1.87. The van der Waals surface area contributed by atoms with Gasteiger partial charge in [-0.05, 0) is 19.4 Å². The highest BCUT2D eigenvalue weighted by atomic mass is 16.5. The van der Waals surface area contributed by atoms with Gasteiger partial charge in [0.1, 0.15) is 0 Å². The fourth-order valence-corrected chi connectivity index (χ4v) is 1.34. The van der Waals surface area contributed by atoms with Crippen molar-refractivity contribution in [1.29, 1.82) is 0 Å². The number of ether oxygens (including phenoxy) is 1. The summed E-state index contributed by atoms with van der Waals surface area (Å²) < 4.78 is 7.28. The minimum absolute atomic E-state index is 0.809. The molecule has 0 spiro atoms. The molecule has 0 atom stereocenters. The zero-order valence-corrected chi connectivity index (χ0v) is 10.1. The predicted molar refractivity (Wildman–Crippen MR) is 63.2 cm³/mol. The van der Waals surface area contributed by atoms with Crippen molar-refractivity contribution in [3.05, 3.63) is 12.4 Å². The predicted octanol–water partition coefficient (Wildman–Crippen LogP) is 1.07. The first-order valence-electron chi connectivity index (χ1n) is 6.06. The van der Waals surface area contributed by atoms with E-state index in [9.17, 15) is 0 Å². The Balaban J connectivity index is 1.78. The largest absolute Gasteiger partial charge is 0.380 e. The van der Waals surface area contributed by atoms with Gasteiger partial charge in [0.25, 0.3) is 0 Å². The lowest BCUT2D eigenvalue weighted by Gasteiger charge is -2.05. The number of rotatable bonds is 10. The number of nitrogens with zero attached hydrogens (tertiary/aromatic N) is 3. The minimum Gasteiger partial charge on any atom is -0.380 e. The summed E-state index contributed by atoms with van der Waals surface area (Å²) in [5.41, 5.74) is 0. The van der Waals surface area contributed by atoms with Gasteiger partial charge < -0.3 is 10.1 Å². The maximum absolute atomic E-state index is 5.44. The van der Waals surface area contributed by atoms with E-state index in [-0.39, 0.29) is 0 Å². The van der Waals surface area contributed by atoms with Crippen LogP contribution in [0.5, 0.6) is 0 Å². The van der Waals surface area contributed by atoms with Gasteiger partial charge in [-0.1, -0.05) is 18.6 Å². The van der Waals surface area contributed by atoms with Crippen LogP contribution in [0.4, 0.5) is 0 Å². The third-order valence-corrected chi connectivity index (χ3v) is 2.28. The third kappa shape index (κ3) is 6.53. The summed E-state index contributed by atoms with van der Waals surface area (Å²) in [6.45, 7) is 6.72. The number of nitrogens with one attached hydrogen (secondary N) is 1. The van der Waals surface area contributed by atoms with Crippen LogP contribution in [0.15, 0.2) is 12.4 Å². The molecule has 0 aliphatic heterocycles. The van der Waals surface area contributed by atoms with Crippen molar-refractivity contribution in [2.45, 2.75) is 32.7 Å². The van der Waals surface area contributed by atoms with Crippen LogP contribution >= 0.6 is 0 Å². The Morgan fingerprint density at radius 3 is 2.94 bits per heavy atom. The van der Waals surface area contributed by atoms with Gasteiger partial charge in [-0.3, -0.25) is 4.68 Å². The maximum atomic E-state index is 5.44. The molecule has 0 saturated carbocycles. The van der Waals surface area contributed by atoms with Crippen LogP contribution in [0.1, 0.15) is 26.2 Å². The third-order valence-electron chi connectivity index (χ3n) is 2.28. The molecule has 5 nitrogen and oxygen atoms in total. The Morgan fingerprint density at radius 1 is 1.25 bits per heavy atom. The average Bonchev–Trinajstić information content (AvgIpc) is 2.80. The number of aromatic nitrogens is 3. The van der Waals surface area contributed by atoms with Gasteiger partial charge >= 0.3 is 0 Å². The Kier molecular flexibility index (Phi) is 7.63. The van der Waals surface area contributed by atoms with E-state index in [4.69, 9.17) is 4.74 Å². The molecule has 0 radical (unpaired) electrons. The number of aryl methyl sites for hydroxylation is 1. The molecule has 1 aromatic rings. The normalized spacial score (nSPS) is 10.8. The molecule has 0 aromatic carbocycles. The minimum atomic E-state index is 0.809. The number of hydrogen-bond acceptors (Lipinski definition) is 4. The van der Waals surface area contributed by atoms with Gasteiger partial charge in [-0.25, -0.2) is 0 Å². The Hall–Kier alpha value is -0.940. The quantitative estimate of drug-likeness (QED) is 0.606. The molecule has 0 aliphatic rings. The molecule has 0 aliphatic carbocycles. The Morgan fingerprint density at radius 2 is 2.19 bits per heavy atom. The van der Waals surface area contributed by atoms with Crippen molar-refractivity contribution < 1.29 is 4.74 Å². The van der Waals surface area contributed by atoms with Gasteiger partial charge in [-0.2, -0.15) is 0 Å². The van der Waals surface area contributed by atoms with Gasteiger partial charge in [0.15, 0.2) is 0 Å². The summed E-state index contributed by atoms with van der Waals surface area (Å²) in [5.74, 6) is 0. The van der Waals surface area contributed by atoms with Crippen molar-refractivity contribution in [3.8, 4) is 0 Å². The van der Waals surface area contributed by atoms with E-state index in [1.807, 2.05) is 10.9 Å².